The molecule has 0 bridgehead atoms. The van der Waals surface area contributed by atoms with Gasteiger partial charge in [-0.3, -0.25) is 0 Å². The quantitative estimate of drug-likeness (QED) is 0.833. The monoisotopic (exact) mass is 242 g/mol. The fourth-order valence-electron chi connectivity index (χ4n) is 1.31. The van der Waals surface area contributed by atoms with Crippen molar-refractivity contribution < 1.29 is 4.52 Å². The highest BCUT2D eigenvalue weighted by Crippen LogP contribution is 2.36. The summed E-state index contributed by atoms with van der Waals surface area (Å²) in [5, 5.41) is 4.89. The fourth-order valence-corrected chi connectivity index (χ4v) is 1.88. The first-order valence-electron chi connectivity index (χ1n) is 4.27. The van der Waals surface area contributed by atoms with Gasteiger partial charge in [-0.05, 0) is 19.1 Å². The van der Waals surface area contributed by atoms with Crippen LogP contribution in [0.1, 0.15) is 5.56 Å². The average molecular weight is 243 g/mol. The van der Waals surface area contributed by atoms with Crippen molar-refractivity contribution in [1.29, 1.82) is 0 Å². The van der Waals surface area contributed by atoms with Gasteiger partial charge in [0.1, 0.15) is 5.69 Å². The van der Waals surface area contributed by atoms with Gasteiger partial charge in [-0.2, -0.15) is 0 Å². The Balaban J connectivity index is 2.69. The Morgan fingerprint density at radius 2 is 1.87 bits per heavy atom. The highest BCUT2D eigenvalue weighted by Gasteiger charge is 2.16. The Morgan fingerprint density at radius 3 is 2.33 bits per heavy atom. The molecule has 2 N–H and O–H groups in total. The second-order valence-corrected chi connectivity index (χ2v) is 3.93. The Labute approximate surface area is 96.8 Å². The zero-order valence-electron chi connectivity index (χ0n) is 7.92. The molecule has 0 radical (unpaired) electrons. The molecule has 0 aliphatic heterocycles. The van der Waals surface area contributed by atoms with Gasteiger partial charge in [0.2, 0.25) is 5.88 Å². The summed E-state index contributed by atoms with van der Waals surface area (Å²) >= 11 is 12.1. The number of benzene rings is 1. The van der Waals surface area contributed by atoms with Gasteiger partial charge in [-0.1, -0.05) is 34.4 Å². The number of rotatable bonds is 1. The summed E-state index contributed by atoms with van der Waals surface area (Å²) in [5.74, 6) is 0.279. The highest BCUT2D eigenvalue weighted by atomic mass is 35.5. The van der Waals surface area contributed by atoms with Crippen LogP contribution in [0.3, 0.4) is 0 Å². The molecular weight excluding hydrogens is 235 g/mol. The number of hydrogen-bond donors (Lipinski definition) is 1. The van der Waals surface area contributed by atoms with Crippen molar-refractivity contribution in [3.63, 3.8) is 0 Å². The molecule has 0 atom stereocenters. The standard InChI is InChI=1S/C10H8Cl2N2O/c1-5-9(14-15-10(5)13)8-6(11)3-2-4-7(8)12/h2-4H,13H2,1H3. The predicted octanol–water partition coefficient (Wildman–Crippen LogP) is 3.54. The van der Waals surface area contributed by atoms with Gasteiger partial charge in [-0.15, -0.1) is 0 Å². The summed E-state index contributed by atoms with van der Waals surface area (Å²) in [4.78, 5) is 0. The number of nitrogen functional groups attached to an aromatic ring is 1. The Hall–Kier alpha value is -1.19. The number of hydrogen-bond acceptors (Lipinski definition) is 3. The number of aromatic nitrogens is 1. The summed E-state index contributed by atoms with van der Waals surface area (Å²) < 4.78 is 4.87. The lowest BCUT2D eigenvalue weighted by atomic mass is 10.1. The number of nitrogens with two attached hydrogens (primary N) is 1. The molecule has 0 saturated carbocycles. The fraction of sp³-hybridized carbons (Fsp3) is 0.100. The predicted molar refractivity (Wildman–Crippen MR) is 61.1 cm³/mol. The largest absolute Gasteiger partial charge is 0.367 e. The van der Waals surface area contributed by atoms with Crippen molar-refractivity contribution in [2.24, 2.45) is 0 Å². The molecule has 1 heterocycles. The van der Waals surface area contributed by atoms with Crippen LogP contribution >= 0.6 is 23.2 Å². The molecule has 0 saturated heterocycles. The molecule has 15 heavy (non-hydrogen) atoms. The van der Waals surface area contributed by atoms with Crippen LogP contribution in [-0.4, -0.2) is 5.16 Å². The number of nitrogens with zero attached hydrogens (tertiary/aromatic N) is 1. The first kappa shape index (κ1) is 10.3. The molecule has 0 unspecified atom stereocenters. The molecule has 0 spiro atoms. The van der Waals surface area contributed by atoms with Crippen LogP contribution in [0.4, 0.5) is 5.88 Å². The zero-order valence-corrected chi connectivity index (χ0v) is 9.43. The van der Waals surface area contributed by atoms with Crippen LogP contribution in [0, 0.1) is 6.92 Å². The van der Waals surface area contributed by atoms with Crippen LogP contribution in [0.15, 0.2) is 22.7 Å². The summed E-state index contributed by atoms with van der Waals surface area (Å²) in [7, 11) is 0. The van der Waals surface area contributed by atoms with E-state index in [0.717, 1.165) is 5.56 Å². The van der Waals surface area contributed by atoms with E-state index in [1.165, 1.54) is 0 Å². The SMILES string of the molecule is Cc1c(-c2c(Cl)cccc2Cl)noc1N. The van der Waals surface area contributed by atoms with E-state index in [1.54, 1.807) is 25.1 Å². The van der Waals surface area contributed by atoms with Crippen LogP contribution in [0.5, 0.6) is 0 Å². The summed E-state index contributed by atoms with van der Waals surface area (Å²) in [6, 6.07) is 5.26. The number of halogens is 2. The molecule has 2 aromatic rings. The third kappa shape index (κ3) is 1.68. The van der Waals surface area contributed by atoms with Gasteiger partial charge < -0.3 is 10.3 Å². The highest BCUT2D eigenvalue weighted by molar-refractivity contribution is 6.39. The molecule has 1 aromatic heterocycles. The minimum atomic E-state index is 0.279. The van der Waals surface area contributed by atoms with Crippen molar-refractivity contribution in [3.05, 3.63) is 33.8 Å². The molecule has 0 aliphatic carbocycles. The van der Waals surface area contributed by atoms with Crippen LogP contribution in [-0.2, 0) is 0 Å². The Bertz CT molecular complexity index is 488. The second kappa shape index (κ2) is 3.76. The van der Waals surface area contributed by atoms with E-state index in [-0.39, 0.29) is 5.88 Å². The van der Waals surface area contributed by atoms with Crippen molar-refractivity contribution in [1.82, 2.24) is 5.16 Å². The van der Waals surface area contributed by atoms with Gasteiger partial charge in [0, 0.05) is 11.1 Å². The molecule has 78 valence electrons. The smallest absolute Gasteiger partial charge is 0.225 e. The van der Waals surface area contributed by atoms with E-state index >= 15 is 0 Å². The summed E-state index contributed by atoms with van der Waals surface area (Å²) in [6.45, 7) is 1.81. The van der Waals surface area contributed by atoms with Crippen LogP contribution in [0.2, 0.25) is 10.0 Å². The lowest BCUT2D eigenvalue weighted by molar-refractivity contribution is 0.439. The third-order valence-electron chi connectivity index (χ3n) is 2.16. The maximum absolute atomic E-state index is 6.04. The minimum Gasteiger partial charge on any atom is -0.367 e. The molecule has 0 amide bonds. The van der Waals surface area contributed by atoms with Crippen molar-refractivity contribution in [2.45, 2.75) is 6.92 Å². The lowest BCUT2D eigenvalue weighted by Gasteiger charge is -2.03. The molecule has 5 heteroatoms. The summed E-state index contributed by atoms with van der Waals surface area (Å²) in [5.41, 5.74) is 7.54. The van der Waals surface area contributed by atoms with E-state index in [4.69, 9.17) is 33.5 Å². The summed E-state index contributed by atoms with van der Waals surface area (Å²) in [6.07, 6.45) is 0. The molecule has 2 rings (SSSR count). The molecule has 0 fully saturated rings. The van der Waals surface area contributed by atoms with E-state index in [0.29, 0.717) is 21.3 Å². The van der Waals surface area contributed by atoms with E-state index < -0.39 is 0 Å². The van der Waals surface area contributed by atoms with Crippen molar-refractivity contribution >= 4 is 29.1 Å². The number of anilines is 1. The third-order valence-corrected chi connectivity index (χ3v) is 2.79. The molecular formula is C10H8Cl2N2O. The zero-order chi connectivity index (χ0) is 11.0. The van der Waals surface area contributed by atoms with Gasteiger partial charge in [0.05, 0.1) is 10.0 Å². The minimum absolute atomic E-state index is 0.279. The van der Waals surface area contributed by atoms with Crippen molar-refractivity contribution in [3.8, 4) is 11.3 Å². The van der Waals surface area contributed by atoms with Gasteiger partial charge in [0.25, 0.3) is 0 Å². The Morgan fingerprint density at radius 1 is 1.27 bits per heavy atom. The van der Waals surface area contributed by atoms with Gasteiger partial charge in [-0.25, -0.2) is 0 Å². The molecule has 3 nitrogen and oxygen atoms in total. The van der Waals surface area contributed by atoms with E-state index in [2.05, 4.69) is 5.16 Å². The van der Waals surface area contributed by atoms with Gasteiger partial charge in [0.15, 0.2) is 0 Å². The molecule has 0 aliphatic rings. The first-order valence-corrected chi connectivity index (χ1v) is 5.03. The first-order chi connectivity index (χ1) is 7.11. The lowest BCUT2D eigenvalue weighted by Crippen LogP contribution is -1.86. The maximum Gasteiger partial charge on any atom is 0.225 e. The normalized spacial score (nSPS) is 10.6. The van der Waals surface area contributed by atoms with Crippen molar-refractivity contribution in [2.75, 3.05) is 5.73 Å². The van der Waals surface area contributed by atoms with E-state index in [9.17, 15) is 0 Å². The topological polar surface area (TPSA) is 52.0 Å². The molecule has 1 aromatic carbocycles. The average Bonchev–Trinajstić information content (AvgIpc) is 2.49. The second-order valence-electron chi connectivity index (χ2n) is 3.12. The van der Waals surface area contributed by atoms with Crippen LogP contribution < -0.4 is 5.73 Å². The Kier molecular flexibility index (Phi) is 2.59. The van der Waals surface area contributed by atoms with Gasteiger partial charge >= 0.3 is 0 Å². The van der Waals surface area contributed by atoms with Crippen LogP contribution in [0.25, 0.3) is 11.3 Å². The van der Waals surface area contributed by atoms with E-state index in [1.807, 2.05) is 0 Å². The maximum atomic E-state index is 6.04.